The standard InChI is InChI=1S/C40H38FN3O4S/c1-3-5-25-6-10-27(11-7-25)29-14-16-34(35(41)19-29)31-21-42-38(43-22-31)28-12-8-26(9-13-28)18-30(39(46)44-23-32(24-44)40(47)48)20-36(45)37-17-15-33(4-2)49-37/h6-17,19,21-22,30,32H,3-5,18,20,23-24H2,1-2H3,(H,47,48)/t30-/m1/s1. The summed E-state index contributed by atoms with van der Waals surface area (Å²) < 4.78 is 15.2. The highest BCUT2D eigenvalue weighted by atomic mass is 32.1. The average Bonchev–Trinajstić information content (AvgIpc) is 3.58. The Morgan fingerprint density at radius 1 is 0.857 bits per heavy atom. The Labute approximate surface area is 289 Å². The molecule has 1 saturated heterocycles. The molecule has 0 saturated carbocycles. The number of benzene rings is 3. The van der Waals surface area contributed by atoms with Gasteiger partial charge >= 0.3 is 5.97 Å². The Kier molecular flexibility index (Phi) is 10.4. The van der Waals surface area contributed by atoms with Crippen LogP contribution in [0.25, 0.3) is 33.6 Å². The third-order valence-electron chi connectivity index (χ3n) is 9.06. The number of amides is 1. The number of aromatic nitrogens is 2. The van der Waals surface area contributed by atoms with Crippen molar-refractivity contribution in [2.45, 2.75) is 46.0 Å². The monoisotopic (exact) mass is 675 g/mol. The first kappa shape index (κ1) is 33.9. The average molecular weight is 676 g/mol. The van der Waals surface area contributed by atoms with Crippen LogP contribution in [0.1, 0.15) is 52.4 Å². The van der Waals surface area contributed by atoms with Crippen molar-refractivity contribution >= 4 is 29.0 Å². The second-order valence-corrected chi connectivity index (χ2v) is 13.7. The number of carboxylic acid groups (broad SMARTS) is 1. The Bertz CT molecular complexity index is 1950. The van der Waals surface area contributed by atoms with Crippen molar-refractivity contribution in [3.05, 3.63) is 118 Å². The topological polar surface area (TPSA) is 100 Å². The lowest BCUT2D eigenvalue weighted by Crippen LogP contribution is -2.55. The largest absolute Gasteiger partial charge is 0.481 e. The summed E-state index contributed by atoms with van der Waals surface area (Å²) in [7, 11) is 0. The van der Waals surface area contributed by atoms with Crippen molar-refractivity contribution in [1.82, 2.24) is 14.9 Å². The first-order valence-corrected chi connectivity index (χ1v) is 17.5. The number of ketones is 1. The molecule has 9 heteroatoms. The van der Waals surface area contributed by atoms with E-state index in [0.717, 1.165) is 46.4 Å². The van der Waals surface area contributed by atoms with Gasteiger partial charge in [-0.05, 0) is 59.7 Å². The number of thiophene rings is 1. The van der Waals surface area contributed by atoms with Gasteiger partial charge in [-0.15, -0.1) is 11.3 Å². The second kappa shape index (κ2) is 15.0. The maximum absolute atomic E-state index is 15.2. The molecule has 1 amide bonds. The van der Waals surface area contributed by atoms with Crippen molar-refractivity contribution in [3.63, 3.8) is 0 Å². The van der Waals surface area contributed by atoms with Gasteiger partial charge < -0.3 is 10.0 Å². The third-order valence-corrected chi connectivity index (χ3v) is 10.3. The minimum Gasteiger partial charge on any atom is -0.481 e. The van der Waals surface area contributed by atoms with E-state index in [0.29, 0.717) is 28.2 Å². The van der Waals surface area contributed by atoms with Gasteiger partial charge in [-0.2, -0.15) is 0 Å². The van der Waals surface area contributed by atoms with Crippen molar-refractivity contribution in [3.8, 4) is 33.6 Å². The Morgan fingerprint density at radius 3 is 2.12 bits per heavy atom. The minimum atomic E-state index is -0.917. The molecule has 1 fully saturated rings. The fourth-order valence-corrected chi connectivity index (χ4v) is 7.03. The predicted octanol–water partition coefficient (Wildman–Crippen LogP) is 8.17. The SMILES string of the molecule is CCCc1ccc(-c2ccc(-c3cnc(-c4ccc(C[C@H](CC(=O)c5ccc(CC)s5)C(=O)N5CC(C(=O)O)C5)cc4)nc3)c(F)c2)cc1. The van der Waals surface area contributed by atoms with E-state index in [-0.39, 0.29) is 37.0 Å². The van der Waals surface area contributed by atoms with E-state index in [9.17, 15) is 19.5 Å². The molecule has 7 nitrogen and oxygen atoms in total. The summed E-state index contributed by atoms with van der Waals surface area (Å²) >= 11 is 1.45. The molecule has 1 atom stereocenters. The van der Waals surface area contributed by atoms with Gasteiger partial charge in [0, 0.05) is 59.4 Å². The van der Waals surface area contributed by atoms with Gasteiger partial charge in [0.15, 0.2) is 11.6 Å². The van der Waals surface area contributed by atoms with Gasteiger partial charge in [-0.1, -0.05) is 80.9 Å². The number of aryl methyl sites for hydroxylation is 2. The summed E-state index contributed by atoms with van der Waals surface area (Å²) in [5, 5.41) is 9.28. The zero-order valence-electron chi connectivity index (χ0n) is 27.6. The van der Waals surface area contributed by atoms with Crippen LogP contribution in [0, 0.1) is 17.7 Å². The van der Waals surface area contributed by atoms with Gasteiger partial charge in [0.25, 0.3) is 0 Å². The lowest BCUT2D eigenvalue weighted by Gasteiger charge is -2.38. The van der Waals surface area contributed by atoms with E-state index in [4.69, 9.17) is 0 Å². The van der Waals surface area contributed by atoms with E-state index >= 15 is 4.39 Å². The second-order valence-electron chi connectivity index (χ2n) is 12.6. The molecule has 3 aromatic carbocycles. The van der Waals surface area contributed by atoms with Crippen molar-refractivity contribution < 1.29 is 23.9 Å². The molecule has 0 bridgehead atoms. The Hall–Kier alpha value is -5.02. The molecule has 0 radical (unpaired) electrons. The van der Waals surface area contributed by atoms with Crippen LogP contribution in [0.5, 0.6) is 0 Å². The summed E-state index contributed by atoms with van der Waals surface area (Å²) in [6.07, 6.45) is 6.54. The van der Waals surface area contributed by atoms with Crippen LogP contribution >= 0.6 is 11.3 Å². The van der Waals surface area contributed by atoms with E-state index in [1.165, 1.54) is 27.9 Å². The molecule has 0 aliphatic carbocycles. The van der Waals surface area contributed by atoms with E-state index in [2.05, 4.69) is 29.0 Å². The van der Waals surface area contributed by atoms with Crippen molar-refractivity contribution in [2.24, 2.45) is 11.8 Å². The van der Waals surface area contributed by atoms with E-state index in [1.807, 2.05) is 61.5 Å². The number of rotatable bonds is 13. The number of likely N-dealkylation sites (tertiary alicyclic amines) is 1. The number of Topliss-reactive ketones (excluding diaryl/α,β-unsaturated/α-hetero) is 1. The zero-order valence-corrected chi connectivity index (χ0v) is 28.4. The third kappa shape index (κ3) is 7.84. The number of carbonyl (C=O) groups is 3. The zero-order chi connectivity index (χ0) is 34.5. The van der Waals surface area contributed by atoms with Gasteiger partial charge in [0.05, 0.1) is 10.8 Å². The lowest BCUT2D eigenvalue weighted by molar-refractivity contribution is -0.154. The van der Waals surface area contributed by atoms with E-state index in [1.54, 1.807) is 18.5 Å². The number of carbonyl (C=O) groups excluding carboxylic acids is 2. The smallest absolute Gasteiger partial charge is 0.310 e. The number of hydrogen-bond acceptors (Lipinski definition) is 6. The summed E-state index contributed by atoms with van der Waals surface area (Å²) in [4.78, 5) is 50.3. The molecule has 0 unspecified atom stereocenters. The van der Waals surface area contributed by atoms with E-state index < -0.39 is 17.8 Å². The molecule has 3 heterocycles. The van der Waals surface area contributed by atoms with Crippen molar-refractivity contribution in [1.29, 1.82) is 0 Å². The predicted molar refractivity (Wildman–Crippen MR) is 190 cm³/mol. The highest BCUT2D eigenvalue weighted by Gasteiger charge is 2.39. The van der Waals surface area contributed by atoms with Gasteiger partial charge in [-0.3, -0.25) is 14.4 Å². The van der Waals surface area contributed by atoms with Gasteiger partial charge in [-0.25, -0.2) is 14.4 Å². The first-order chi connectivity index (χ1) is 23.7. The molecule has 5 aromatic rings. The maximum Gasteiger partial charge on any atom is 0.310 e. The van der Waals surface area contributed by atoms with Crippen LogP contribution in [0.3, 0.4) is 0 Å². The van der Waals surface area contributed by atoms with Crippen LogP contribution in [0.2, 0.25) is 0 Å². The maximum atomic E-state index is 15.2. The Balaban J connectivity index is 1.14. The van der Waals surface area contributed by atoms with Crippen LogP contribution < -0.4 is 0 Å². The normalized spacial score (nSPS) is 13.6. The van der Waals surface area contributed by atoms with Crippen LogP contribution in [0.15, 0.2) is 91.3 Å². The Morgan fingerprint density at radius 2 is 1.51 bits per heavy atom. The molecule has 49 heavy (non-hydrogen) atoms. The number of hydrogen-bond donors (Lipinski definition) is 1. The van der Waals surface area contributed by atoms with Crippen LogP contribution in [-0.4, -0.2) is 50.7 Å². The van der Waals surface area contributed by atoms with Gasteiger partial charge in [0.1, 0.15) is 5.82 Å². The summed E-state index contributed by atoms with van der Waals surface area (Å²) in [6, 6.07) is 24.7. The molecule has 1 aliphatic rings. The number of carboxylic acids is 1. The highest BCUT2D eigenvalue weighted by Crippen LogP contribution is 2.30. The number of halogens is 1. The molecule has 1 aliphatic heterocycles. The molecular formula is C40H38FN3O4S. The molecule has 0 spiro atoms. The van der Waals surface area contributed by atoms with Gasteiger partial charge in [0.2, 0.25) is 5.91 Å². The quantitative estimate of drug-likeness (QED) is 0.126. The van der Waals surface area contributed by atoms with Crippen molar-refractivity contribution in [2.75, 3.05) is 13.1 Å². The molecule has 2 aromatic heterocycles. The fraction of sp³-hybridized carbons (Fsp3) is 0.275. The molecule has 1 N–H and O–H groups in total. The first-order valence-electron chi connectivity index (χ1n) is 16.7. The molecule has 250 valence electrons. The molecule has 6 rings (SSSR count). The summed E-state index contributed by atoms with van der Waals surface area (Å²) in [5.74, 6) is -2.26. The fourth-order valence-electron chi connectivity index (χ4n) is 6.13. The highest BCUT2D eigenvalue weighted by molar-refractivity contribution is 7.14. The lowest BCUT2D eigenvalue weighted by atomic mass is 9.89. The number of nitrogens with zero attached hydrogens (tertiary/aromatic N) is 3. The van der Waals surface area contributed by atoms with Crippen LogP contribution in [-0.2, 0) is 28.9 Å². The minimum absolute atomic E-state index is 0.0475. The number of aliphatic carboxylic acids is 1. The summed E-state index contributed by atoms with van der Waals surface area (Å²) in [5.41, 5.74) is 5.65. The van der Waals surface area contributed by atoms with Crippen LogP contribution in [0.4, 0.5) is 4.39 Å². The summed E-state index contributed by atoms with van der Waals surface area (Å²) in [6.45, 7) is 4.49. The molecular weight excluding hydrogens is 638 g/mol.